The highest BCUT2D eigenvalue weighted by Crippen LogP contribution is 2.23. The van der Waals surface area contributed by atoms with Crippen LogP contribution in [0.15, 0.2) is 18.2 Å². The van der Waals surface area contributed by atoms with Crippen molar-refractivity contribution in [3.8, 4) is 0 Å². The molecule has 1 aromatic rings. The van der Waals surface area contributed by atoms with Gasteiger partial charge in [-0.2, -0.15) is 0 Å². The summed E-state index contributed by atoms with van der Waals surface area (Å²) >= 11 is 11.9. The highest BCUT2D eigenvalue weighted by Gasteiger charge is 2.24. The van der Waals surface area contributed by atoms with Gasteiger partial charge in [0.15, 0.2) is 5.78 Å². The van der Waals surface area contributed by atoms with Crippen molar-refractivity contribution >= 4 is 29.0 Å². The Balaban J connectivity index is 2.13. The van der Waals surface area contributed by atoms with E-state index in [1.807, 2.05) is 6.92 Å². The van der Waals surface area contributed by atoms with Gasteiger partial charge in [0.05, 0.1) is 17.7 Å². The lowest BCUT2D eigenvalue weighted by Crippen LogP contribution is -2.40. The first kappa shape index (κ1) is 14.8. The van der Waals surface area contributed by atoms with Crippen molar-refractivity contribution < 1.29 is 9.53 Å². The number of rotatable bonds is 3. The Labute approximate surface area is 123 Å². The molecule has 104 valence electrons. The predicted octanol–water partition coefficient (Wildman–Crippen LogP) is 3.29. The molecule has 19 heavy (non-hydrogen) atoms. The molecule has 0 radical (unpaired) electrons. The molecule has 1 heterocycles. The van der Waals surface area contributed by atoms with E-state index in [0.29, 0.717) is 22.2 Å². The summed E-state index contributed by atoms with van der Waals surface area (Å²) in [6.45, 7) is 5.00. The van der Waals surface area contributed by atoms with Crippen molar-refractivity contribution in [2.75, 3.05) is 26.3 Å². The Kier molecular flexibility index (Phi) is 5.22. The van der Waals surface area contributed by atoms with Gasteiger partial charge in [0.2, 0.25) is 0 Å². The van der Waals surface area contributed by atoms with Crippen molar-refractivity contribution in [2.24, 2.45) is 0 Å². The summed E-state index contributed by atoms with van der Waals surface area (Å²) in [5.74, 6) is 0.0311. The predicted molar refractivity (Wildman–Crippen MR) is 77.3 cm³/mol. The summed E-state index contributed by atoms with van der Waals surface area (Å²) in [5, 5.41) is 0.952. The maximum Gasteiger partial charge on any atom is 0.181 e. The van der Waals surface area contributed by atoms with Crippen LogP contribution < -0.4 is 0 Å². The van der Waals surface area contributed by atoms with Gasteiger partial charge in [-0.25, -0.2) is 0 Å². The number of hydrogen-bond acceptors (Lipinski definition) is 3. The van der Waals surface area contributed by atoms with Crippen LogP contribution in [-0.4, -0.2) is 43.0 Å². The minimum atomic E-state index is -0.194. The van der Waals surface area contributed by atoms with Gasteiger partial charge in [-0.1, -0.05) is 23.2 Å². The standard InChI is InChI=1S/C14H17Cl2NO2/c1-10(17-5-2-7-19-8-6-17)14(18)12-4-3-11(15)9-13(12)16/h3-4,9-10H,2,5-8H2,1H3. The molecule has 0 aromatic heterocycles. The van der Waals surface area contributed by atoms with Crippen LogP contribution in [0.2, 0.25) is 10.0 Å². The molecule has 5 heteroatoms. The third-order valence-corrected chi connectivity index (χ3v) is 3.93. The van der Waals surface area contributed by atoms with Crippen LogP contribution in [0.5, 0.6) is 0 Å². The van der Waals surface area contributed by atoms with Crippen LogP contribution in [0.25, 0.3) is 0 Å². The van der Waals surface area contributed by atoms with Gasteiger partial charge in [-0.3, -0.25) is 9.69 Å². The Morgan fingerprint density at radius 1 is 1.32 bits per heavy atom. The van der Waals surface area contributed by atoms with Gasteiger partial charge in [-0.15, -0.1) is 0 Å². The molecule has 0 amide bonds. The Morgan fingerprint density at radius 3 is 2.84 bits per heavy atom. The van der Waals surface area contributed by atoms with E-state index >= 15 is 0 Å². The second-order valence-electron chi connectivity index (χ2n) is 4.67. The van der Waals surface area contributed by atoms with Crippen molar-refractivity contribution in [3.63, 3.8) is 0 Å². The SMILES string of the molecule is CC(C(=O)c1ccc(Cl)cc1Cl)N1CCCOCC1. The van der Waals surface area contributed by atoms with Crippen LogP contribution in [-0.2, 0) is 4.74 Å². The monoisotopic (exact) mass is 301 g/mol. The molecule has 1 unspecified atom stereocenters. The third kappa shape index (κ3) is 3.69. The van der Waals surface area contributed by atoms with E-state index in [1.165, 1.54) is 0 Å². The summed E-state index contributed by atoms with van der Waals surface area (Å²) in [6.07, 6.45) is 0.950. The minimum absolute atomic E-state index is 0.0311. The molecule has 1 fully saturated rings. The molecule has 0 saturated carbocycles. The lowest BCUT2D eigenvalue weighted by molar-refractivity contribution is 0.0824. The number of nitrogens with zero attached hydrogens (tertiary/aromatic N) is 1. The van der Waals surface area contributed by atoms with Gasteiger partial charge in [0, 0.05) is 30.3 Å². The number of carbonyl (C=O) groups excluding carboxylic acids is 1. The molecular formula is C14H17Cl2NO2. The van der Waals surface area contributed by atoms with Gasteiger partial charge >= 0.3 is 0 Å². The third-order valence-electron chi connectivity index (χ3n) is 3.38. The average Bonchev–Trinajstić information content (AvgIpc) is 2.66. The molecule has 3 nitrogen and oxygen atoms in total. The molecule has 0 N–H and O–H groups in total. The van der Waals surface area contributed by atoms with E-state index in [1.54, 1.807) is 18.2 Å². The number of ether oxygens (including phenoxy) is 1. The molecule has 0 spiro atoms. The molecule has 2 rings (SSSR count). The fourth-order valence-corrected chi connectivity index (χ4v) is 2.73. The second-order valence-corrected chi connectivity index (χ2v) is 5.51. The number of ketones is 1. The van der Waals surface area contributed by atoms with Crippen molar-refractivity contribution in [1.82, 2.24) is 4.90 Å². The summed E-state index contributed by atoms with van der Waals surface area (Å²) in [4.78, 5) is 14.6. The van der Waals surface area contributed by atoms with Crippen molar-refractivity contribution in [1.29, 1.82) is 0 Å². The van der Waals surface area contributed by atoms with Gasteiger partial charge in [-0.05, 0) is 31.5 Å². The van der Waals surface area contributed by atoms with Gasteiger partial charge in [0.25, 0.3) is 0 Å². The first-order chi connectivity index (χ1) is 9.09. The van der Waals surface area contributed by atoms with E-state index < -0.39 is 0 Å². The number of carbonyl (C=O) groups is 1. The topological polar surface area (TPSA) is 29.5 Å². The van der Waals surface area contributed by atoms with Crippen molar-refractivity contribution in [3.05, 3.63) is 33.8 Å². The summed E-state index contributed by atoms with van der Waals surface area (Å²) in [6, 6.07) is 4.80. The number of halogens is 2. The van der Waals surface area contributed by atoms with Crippen molar-refractivity contribution in [2.45, 2.75) is 19.4 Å². The molecule has 1 aliphatic rings. The largest absolute Gasteiger partial charge is 0.380 e. The molecule has 1 saturated heterocycles. The maximum atomic E-state index is 12.5. The summed E-state index contributed by atoms with van der Waals surface area (Å²) in [5.41, 5.74) is 0.531. The van der Waals surface area contributed by atoms with E-state index in [-0.39, 0.29) is 11.8 Å². The zero-order valence-corrected chi connectivity index (χ0v) is 12.4. The van der Waals surface area contributed by atoms with Crippen LogP contribution in [0.4, 0.5) is 0 Å². The fourth-order valence-electron chi connectivity index (χ4n) is 2.23. The molecule has 1 atom stereocenters. The Bertz CT molecular complexity index is 457. The Hall–Kier alpha value is -0.610. The van der Waals surface area contributed by atoms with E-state index in [0.717, 1.165) is 26.1 Å². The average molecular weight is 302 g/mol. The number of benzene rings is 1. The van der Waals surface area contributed by atoms with Gasteiger partial charge in [0.1, 0.15) is 0 Å². The van der Waals surface area contributed by atoms with Crippen LogP contribution in [0.3, 0.4) is 0 Å². The molecule has 1 aliphatic heterocycles. The zero-order chi connectivity index (χ0) is 13.8. The number of Topliss-reactive ketones (excluding diaryl/α,β-unsaturated/α-hetero) is 1. The summed E-state index contributed by atoms with van der Waals surface area (Å²) < 4.78 is 5.40. The van der Waals surface area contributed by atoms with E-state index in [9.17, 15) is 4.79 Å². The Morgan fingerprint density at radius 2 is 2.11 bits per heavy atom. The van der Waals surface area contributed by atoms with E-state index in [2.05, 4.69) is 4.90 Å². The first-order valence-corrected chi connectivity index (χ1v) is 7.16. The van der Waals surface area contributed by atoms with Gasteiger partial charge < -0.3 is 4.74 Å². The molecular weight excluding hydrogens is 285 g/mol. The normalized spacial score (nSPS) is 18.9. The van der Waals surface area contributed by atoms with Crippen LogP contribution in [0, 0.1) is 0 Å². The first-order valence-electron chi connectivity index (χ1n) is 6.40. The molecule has 0 aliphatic carbocycles. The summed E-state index contributed by atoms with van der Waals surface area (Å²) in [7, 11) is 0. The lowest BCUT2D eigenvalue weighted by atomic mass is 10.0. The highest BCUT2D eigenvalue weighted by molar-refractivity contribution is 6.37. The fraction of sp³-hybridized carbons (Fsp3) is 0.500. The lowest BCUT2D eigenvalue weighted by Gasteiger charge is -2.26. The zero-order valence-electron chi connectivity index (χ0n) is 10.9. The maximum absolute atomic E-state index is 12.5. The number of hydrogen-bond donors (Lipinski definition) is 0. The quantitative estimate of drug-likeness (QED) is 0.803. The molecule has 0 bridgehead atoms. The minimum Gasteiger partial charge on any atom is -0.380 e. The highest BCUT2D eigenvalue weighted by atomic mass is 35.5. The molecule has 1 aromatic carbocycles. The smallest absolute Gasteiger partial charge is 0.181 e. The van der Waals surface area contributed by atoms with E-state index in [4.69, 9.17) is 27.9 Å². The second kappa shape index (κ2) is 6.71. The van der Waals surface area contributed by atoms with Crippen LogP contribution >= 0.6 is 23.2 Å². The van der Waals surface area contributed by atoms with Crippen LogP contribution in [0.1, 0.15) is 23.7 Å².